The van der Waals surface area contributed by atoms with Gasteiger partial charge in [0.15, 0.2) is 0 Å². The van der Waals surface area contributed by atoms with Crippen LogP contribution in [0.2, 0.25) is 0 Å². The van der Waals surface area contributed by atoms with E-state index < -0.39 is 12.1 Å². The number of phenols is 1. The number of aryl methyl sites for hydroxylation is 2. The molecule has 4 N–H and O–H groups in total. The van der Waals surface area contributed by atoms with Crippen molar-refractivity contribution in [2.75, 3.05) is 0 Å². The van der Waals surface area contributed by atoms with Crippen LogP contribution in [0.5, 0.6) is 5.75 Å². The number of aliphatic hydroxyl groups excluding tert-OH is 1. The number of rotatable bonds is 4. The lowest BCUT2D eigenvalue weighted by atomic mass is 9.87. The minimum atomic E-state index is -0.554. The average Bonchev–Trinajstić information content (AvgIpc) is 2.25. The highest BCUT2D eigenvalue weighted by molar-refractivity contribution is 5.42. The Hall–Kier alpha value is -1.06. The largest absolute Gasteiger partial charge is 0.508 e. The van der Waals surface area contributed by atoms with Crippen LogP contribution in [0.1, 0.15) is 43.0 Å². The van der Waals surface area contributed by atoms with Gasteiger partial charge in [0, 0.05) is 0 Å². The summed E-state index contributed by atoms with van der Waals surface area (Å²) < 4.78 is 0. The molecule has 0 aliphatic heterocycles. The molecule has 0 radical (unpaired) electrons. The molecule has 1 aromatic carbocycles. The second-order valence-corrected chi connectivity index (χ2v) is 4.90. The zero-order chi connectivity index (χ0) is 13.2. The van der Waals surface area contributed by atoms with Gasteiger partial charge in [0.25, 0.3) is 0 Å². The van der Waals surface area contributed by atoms with Crippen molar-refractivity contribution in [2.24, 2.45) is 11.7 Å². The molecule has 0 bridgehead atoms. The Morgan fingerprint density at radius 3 is 2.12 bits per heavy atom. The maximum absolute atomic E-state index is 10.2. The van der Waals surface area contributed by atoms with E-state index in [1.165, 1.54) is 0 Å². The lowest BCUT2D eigenvalue weighted by Crippen LogP contribution is -2.32. The molecule has 1 rings (SSSR count). The van der Waals surface area contributed by atoms with Crippen LogP contribution >= 0.6 is 0 Å². The standard InChI is InChI=1S/C14H23NO2/c1-5-8(2)14(17)13(15)12-9(3)6-11(16)7-10(12)4/h6-8,13-14,16-17H,5,15H2,1-4H3/t8?,13-,14+/m1/s1. The van der Waals surface area contributed by atoms with Crippen molar-refractivity contribution in [3.8, 4) is 5.75 Å². The molecule has 0 amide bonds. The Kier molecular flexibility index (Phi) is 4.54. The summed E-state index contributed by atoms with van der Waals surface area (Å²) in [6.45, 7) is 7.85. The zero-order valence-electron chi connectivity index (χ0n) is 11.1. The van der Waals surface area contributed by atoms with E-state index in [2.05, 4.69) is 0 Å². The highest BCUT2D eigenvalue weighted by Gasteiger charge is 2.24. The fourth-order valence-electron chi connectivity index (χ4n) is 2.24. The summed E-state index contributed by atoms with van der Waals surface area (Å²) in [4.78, 5) is 0. The van der Waals surface area contributed by atoms with Crippen molar-refractivity contribution in [2.45, 2.75) is 46.3 Å². The number of aliphatic hydroxyl groups is 1. The van der Waals surface area contributed by atoms with Crippen molar-refractivity contribution < 1.29 is 10.2 Å². The number of phenolic OH excluding ortho intramolecular Hbond substituents is 1. The minimum Gasteiger partial charge on any atom is -0.508 e. The predicted molar refractivity (Wildman–Crippen MR) is 70.0 cm³/mol. The first-order valence-electron chi connectivity index (χ1n) is 6.12. The summed E-state index contributed by atoms with van der Waals surface area (Å²) >= 11 is 0. The third kappa shape index (κ3) is 2.99. The number of hydrogen-bond acceptors (Lipinski definition) is 3. The Labute approximate surface area is 103 Å². The Morgan fingerprint density at radius 2 is 1.71 bits per heavy atom. The molecule has 0 aromatic heterocycles. The molecule has 0 aliphatic rings. The van der Waals surface area contributed by atoms with Crippen LogP contribution in [-0.2, 0) is 0 Å². The Balaban J connectivity index is 3.08. The molecular formula is C14H23NO2. The minimum absolute atomic E-state index is 0.164. The van der Waals surface area contributed by atoms with E-state index in [-0.39, 0.29) is 11.7 Å². The van der Waals surface area contributed by atoms with Gasteiger partial charge < -0.3 is 15.9 Å². The van der Waals surface area contributed by atoms with Crippen LogP contribution < -0.4 is 5.73 Å². The van der Waals surface area contributed by atoms with E-state index >= 15 is 0 Å². The van der Waals surface area contributed by atoms with Crippen LogP contribution in [0.25, 0.3) is 0 Å². The van der Waals surface area contributed by atoms with Crippen molar-refractivity contribution >= 4 is 0 Å². The Bertz CT molecular complexity index is 367. The molecule has 0 saturated carbocycles. The average molecular weight is 237 g/mol. The molecule has 1 unspecified atom stereocenters. The summed E-state index contributed by atoms with van der Waals surface area (Å²) in [5.74, 6) is 0.409. The smallest absolute Gasteiger partial charge is 0.116 e. The fraction of sp³-hybridized carbons (Fsp3) is 0.571. The summed E-state index contributed by atoms with van der Waals surface area (Å²) in [7, 11) is 0. The summed E-state index contributed by atoms with van der Waals surface area (Å²) in [5, 5.41) is 19.7. The molecule has 0 fully saturated rings. The SMILES string of the molecule is CCC(C)[C@H](O)[C@H](N)c1c(C)cc(O)cc1C. The lowest BCUT2D eigenvalue weighted by molar-refractivity contribution is 0.0875. The maximum atomic E-state index is 10.2. The molecule has 1 aromatic rings. The van der Waals surface area contributed by atoms with Gasteiger partial charge in [-0.3, -0.25) is 0 Å². The van der Waals surface area contributed by atoms with Gasteiger partial charge in [-0.2, -0.15) is 0 Å². The monoisotopic (exact) mass is 237 g/mol. The highest BCUT2D eigenvalue weighted by Crippen LogP contribution is 2.29. The number of hydrogen-bond donors (Lipinski definition) is 3. The van der Waals surface area contributed by atoms with Gasteiger partial charge in [0.05, 0.1) is 12.1 Å². The van der Waals surface area contributed by atoms with Crippen molar-refractivity contribution in [3.05, 3.63) is 28.8 Å². The quantitative estimate of drug-likeness (QED) is 0.753. The lowest BCUT2D eigenvalue weighted by Gasteiger charge is -2.26. The first-order valence-corrected chi connectivity index (χ1v) is 6.12. The molecule has 3 atom stereocenters. The topological polar surface area (TPSA) is 66.5 Å². The van der Waals surface area contributed by atoms with Gasteiger partial charge in [-0.1, -0.05) is 20.3 Å². The van der Waals surface area contributed by atoms with Crippen LogP contribution in [0.15, 0.2) is 12.1 Å². The fourth-order valence-corrected chi connectivity index (χ4v) is 2.24. The molecule has 3 heteroatoms. The van der Waals surface area contributed by atoms with Crippen molar-refractivity contribution in [1.82, 2.24) is 0 Å². The normalized spacial score (nSPS) is 16.6. The number of benzene rings is 1. The molecule has 0 saturated heterocycles. The highest BCUT2D eigenvalue weighted by atomic mass is 16.3. The van der Waals surface area contributed by atoms with E-state index in [0.717, 1.165) is 23.1 Å². The molecule has 0 spiro atoms. The summed E-state index contributed by atoms with van der Waals surface area (Å²) in [6.07, 6.45) is 0.340. The molecule has 17 heavy (non-hydrogen) atoms. The maximum Gasteiger partial charge on any atom is 0.116 e. The van der Waals surface area contributed by atoms with E-state index in [0.29, 0.717) is 0 Å². The van der Waals surface area contributed by atoms with Crippen LogP contribution in [0, 0.1) is 19.8 Å². The van der Waals surface area contributed by atoms with Gasteiger partial charge in [0.1, 0.15) is 5.75 Å². The zero-order valence-corrected chi connectivity index (χ0v) is 11.1. The molecule has 0 aliphatic carbocycles. The predicted octanol–water partition coefficient (Wildman–Crippen LogP) is 2.42. The van der Waals surface area contributed by atoms with Gasteiger partial charge in [-0.15, -0.1) is 0 Å². The van der Waals surface area contributed by atoms with Gasteiger partial charge in [-0.05, 0) is 48.6 Å². The summed E-state index contributed by atoms with van der Waals surface area (Å²) in [6, 6.07) is 2.97. The first-order chi connectivity index (χ1) is 7.88. The number of nitrogens with two attached hydrogens (primary N) is 1. The second-order valence-electron chi connectivity index (χ2n) is 4.90. The summed E-state index contributed by atoms with van der Waals surface area (Å²) in [5.41, 5.74) is 8.93. The van der Waals surface area contributed by atoms with Crippen molar-refractivity contribution in [3.63, 3.8) is 0 Å². The van der Waals surface area contributed by atoms with E-state index in [1.807, 2.05) is 27.7 Å². The molecule has 0 heterocycles. The van der Waals surface area contributed by atoms with Crippen LogP contribution in [-0.4, -0.2) is 16.3 Å². The van der Waals surface area contributed by atoms with E-state index in [1.54, 1.807) is 12.1 Å². The van der Waals surface area contributed by atoms with Gasteiger partial charge in [-0.25, -0.2) is 0 Å². The Morgan fingerprint density at radius 1 is 1.24 bits per heavy atom. The van der Waals surface area contributed by atoms with Crippen LogP contribution in [0.4, 0.5) is 0 Å². The van der Waals surface area contributed by atoms with Crippen molar-refractivity contribution in [1.29, 1.82) is 0 Å². The van der Waals surface area contributed by atoms with E-state index in [9.17, 15) is 10.2 Å². The number of aromatic hydroxyl groups is 1. The third-order valence-electron chi connectivity index (χ3n) is 3.51. The first kappa shape index (κ1) is 14.0. The second kappa shape index (κ2) is 5.52. The van der Waals surface area contributed by atoms with Crippen LogP contribution in [0.3, 0.4) is 0 Å². The van der Waals surface area contributed by atoms with E-state index in [4.69, 9.17) is 5.73 Å². The van der Waals surface area contributed by atoms with Gasteiger partial charge in [0.2, 0.25) is 0 Å². The third-order valence-corrected chi connectivity index (χ3v) is 3.51. The molecule has 3 nitrogen and oxygen atoms in total. The molecule has 96 valence electrons. The molecular weight excluding hydrogens is 214 g/mol. The van der Waals surface area contributed by atoms with Gasteiger partial charge >= 0.3 is 0 Å².